The lowest BCUT2D eigenvalue weighted by atomic mass is 9.87. The number of nitrogens with two attached hydrogens (primary N) is 1. The third-order valence-electron chi connectivity index (χ3n) is 3.23. The second-order valence-corrected chi connectivity index (χ2v) is 5.92. The molecule has 0 spiro atoms. The van der Waals surface area contributed by atoms with E-state index in [0.29, 0.717) is 0 Å². The Bertz CT molecular complexity index is 519. The summed E-state index contributed by atoms with van der Waals surface area (Å²) in [6, 6.07) is 16.6. The van der Waals surface area contributed by atoms with E-state index in [-0.39, 0.29) is 5.41 Å². The van der Waals surface area contributed by atoms with Crippen molar-refractivity contribution in [3.05, 3.63) is 59.7 Å². The molecule has 0 bridgehead atoms. The van der Waals surface area contributed by atoms with E-state index in [9.17, 15) is 0 Å². The Hall–Kier alpha value is -1.96. The zero-order valence-electron chi connectivity index (χ0n) is 11.9. The minimum atomic E-state index is 0.204. The summed E-state index contributed by atoms with van der Waals surface area (Å²) in [5.74, 6) is 0. The van der Waals surface area contributed by atoms with E-state index in [1.165, 1.54) is 11.1 Å². The number of nitrogen functional groups attached to an aromatic ring is 1. The maximum Gasteiger partial charge on any atom is 0.0400 e. The highest BCUT2D eigenvalue weighted by Crippen LogP contribution is 2.23. The zero-order valence-corrected chi connectivity index (χ0v) is 11.9. The fourth-order valence-corrected chi connectivity index (χ4v) is 1.93. The molecule has 2 aromatic rings. The maximum absolute atomic E-state index is 5.67. The number of nitrogens with one attached hydrogen (secondary N) is 1. The molecule has 100 valence electrons. The molecule has 0 aromatic heterocycles. The third-order valence-corrected chi connectivity index (χ3v) is 3.23. The van der Waals surface area contributed by atoms with Crippen LogP contribution in [0.5, 0.6) is 0 Å². The first-order valence-corrected chi connectivity index (χ1v) is 6.64. The van der Waals surface area contributed by atoms with Crippen LogP contribution in [0.1, 0.15) is 31.9 Å². The van der Waals surface area contributed by atoms with Gasteiger partial charge in [0.2, 0.25) is 0 Å². The van der Waals surface area contributed by atoms with Crippen molar-refractivity contribution in [2.24, 2.45) is 0 Å². The van der Waals surface area contributed by atoms with Crippen molar-refractivity contribution in [1.82, 2.24) is 0 Å². The van der Waals surface area contributed by atoms with Crippen molar-refractivity contribution in [1.29, 1.82) is 0 Å². The standard InChI is InChI=1S/C17H22N2/c1-17(2,3)14-6-10-16(11-7-14)19-12-13-4-8-15(18)9-5-13/h4-11,19H,12,18H2,1-3H3. The highest BCUT2D eigenvalue weighted by molar-refractivity contribution is 5.47. The number of hydrogen-bond acceptors (Lipinski definition) is 2. The summed E-state index contributed by atoms with van der Waals surface area (Å²) in [5, 5.41) is 3.42. The fraction of sp³-hybridized carbons (Fsp3) is 0.294. The van der Waals surface area contributed by atoms with Gasteiger partial charge in [-0.1, -0.05) is 45.0 Å². The minimum Gasteiger partial charge on any atom is -0.399 e. The van der Waals surface area contributed by atoms with E-state index in [4.69, 9.17) is 5.73 Å². The largest absolute Gasteiger partial charge is 0.399 e. The van der Waals surface area contributed by atoms with Crippen molar-refractivity contribution in [3.8, 4) is 0 Å². The Labute approximate surface area is 115 Å². The number of hydrogen-bond donors (Lipinski definition) is 2. The fourth-order valence-electron chi connectivity index (χ4n) is 1.93. The molecule has 2 nitrogen and oxygen atoms in total. The maximum atomic E-state index is 5.67. The molecule has 2 rings (SSSR count). The first kappa shape index (κ1) is 13.5. The Balaban J connectivity index is 1.98. The average Bonchev–Trinajstić information content (AvgIpc) is 2.37. The van der Waals surface area contributed by atoms with Crippen LogP contribution in [0.15, 0.2) is 48.5 Å². The zero-order chi connectivity index (χ0) is 13.9. The van der Waals surface area contributed by atoms with E-state index < -0.39 is 0 Å². The summed E-state index contributed by atoms with van der Waals surface area (Å²) in [7, 11) is 0. The summed E-state index contributed by atoms with van der Waals surface area (Å²) in [6.07, 6.45) is 0. The SMILES string of the molecule is CC(C)(C)c1ccc(NCc2ccc(N)cc2)cc1. The molecule has 3 N–H and O–H groups in total. The smallest absolute Gasteiger partial charge is 0.0400 e. The van der Waals surface area contributed by atoms with Crippen LogP contribution in [0.3, 0.4) is 0 Å². The molecule has 0 aliphatic heterocycles. The minimum absolute atomic E-state index is 0.204. The first-order chi connectivity index (χ1) is 8.95. The van der Waals surface area contributed by atoms with Gasteiger partial charge in [0.05, 0.1) is 0 Å². The monoisotopic (exact) mass is 254 g/mol. The lowest BCUT2D eigenvalue weighted by molar-refractivity contribution is 0.590. The molecule has 0 fully saturated rings. The number of rotatable bonds is 3. The molecule has 0 atom stereocenters. The van der Waals surface area contributed by atoms with Gasteiger partial charge in [-0.25, -0.2) is 0 Å². The molecule has 2 aromatic carbocycles. The van der Waals surface area contributed by atoms with E-state index in [1.807, 2.05) is 24.3 Å². The van der Waals surface area contributed by atoms with E-state index in [2.05, 4.69) is 50.4 Å². The van der Waals surface area contributed by atoms with Crippen LogP contribution in [0.25, 0.3) is 0 Å². The van der Waals surface area contributed by atoms with Crippen molar-refractivity contribution in [3.63, 3.8) is 0 Å². The summed E-state index contributed by atoms with van der Waals surface area (Å²) >= 11 is 0. The summed E-state index contributed by atoms with van der Waals surface area (Å²) in [6.45, 7) is 7.49. The number of benzene rings is 2. The van der Waals surface area contributed by atoms with Gasteiger partial charge in [0.25, 0.3) is 0 Å². The molecule has 2 heteroatoms. The molecule has 0 radical (unpaired) electrons. The van der Waals surface area contributed by atoms with Gasteiger partial charge in [-0.05, 0) is 40.8 Å². The highest BCUT2D eigenvalue weighted by Gasteiger charge is 2.12. The second-order valence-electron chi connectivity index (χ2n) is 5.92. The van der Waals surface area contributed by atoms with Crippen LogP contribution < -0.4 is 11.1 Å². The Morgan fingerprint density at radius 2 is 1.47 bits per heavy atom. The quantitative estimate of drug-likeness (QED) is 0.806. The first-order valence-electron chi connectivity index (χ1n) is 6.64. The molecular formula is C17H22N2. The van der Waals surface area contributed by atoms with Crippen molar-refractivity contribution >= 4 is 11.4 Å². The summed E-state index contributed by atoms with van der Waals surface area (Å²) in [5.41, 5.74) is 10.4. The van der Waals surface area contributed by atoms with E-state index in [0.717, 1.165) is 17.9 Å². The van der Waals surface area contributed by atoms with Crippen LogP contribution in [-0.2, 0) is 12.0 Å². The molecule has 0 unspecified atom stereocenters. The van der Waals surface area contributed by atoms with Crippen LogP contribution >= 0.6 is 0 Å². The van der Waals surface area contributed by atoms with Gasteiger partial charge in [0.1, 0.15) is 0 Å². The second kappa shape index (κ2) is 5.35. The van der Waals surface area contributed by atoms with Gasteiger partial charge in [-0.3, -0.25) is 0 Å². The highest BCUT2D eigenvalue weighted by atomic mass is 14.9. The molecular weight excluding hydrogens is 232 g/mol. The topological polar surface area (TPSA) is 38.0 Å². The molecule has 0 heterocycles. The van der Waals surface area contributed by atoms with E-state index in [1.54, 1.807) is 0 Å². The molecule has 0 amide bonds. The predicted octanol–water partition coefficient (Wildman–Crippen LogP) is 4.18. The normalized spacial score (nSPS) is 11.3. The average molecular weight is 254 g/mol. The van der Waals surface area contributed by atoms with Crippen LogP contribution in [0.2, 0.25) is 0 Å². The Morgan fingerprint density at radius 3 is 2.00 bits per heavy atom. The van der Waals surface area contributed by atoms with Crippen LogP contribution in [0.4, 0.5) is 11.4 Å². The summed E-state index contributed by atoms with van der Waals surface area (Å²) in [4.78, 5) is 0. The van der Waals surface area contributed by atoms with Gasteiger partial charge in [0.15, 0.2) is 0 Å². The summed E-state index contributed by atoms with van der Waals surface area (Å²) < 4.78 is 0. The molecule has 0 saturated heterocycles. The molecule has 0 saturated carbocycles. The van der Waals surface area contributed by atoms with Gasteiger partial charge >= 0.3 is 0 Å². The lowest BCUT2D eigenvalue weighted by Crippen LogP contribution is -2.10. The molecule has 19 heavy (non-hydrogen) atoms. The van der Waals surface area contributed by atoms with Gasteiger partial charge in [0, 0.05) is 17.9 Å². The van der Waals surface area contributed by atoms with Crippen molar-refractivity contribution in [2.75, 3.05) is 11.1 Å². The Kier molecular flexibility index (Phi) is 3.79. The van der Waals surface area contributed by atoms with Crippen LogP contribution in [-0.4, -0.2) is 0 Å². The molecule has 0 aliphatic carbocycles. The van der Waals surface area contributed by atoms with Gasteiger partial charge in [-0.2, -0.15) is 0 Å². The Morgan fingerprint density at radius 1 is 0.895 bits per heavy atom. The van der Waals surface area contributed by atoms with Gasteiger partial charge < -0.3 is 11.1 Å². The number of anilines is 2. The third kappa shape index (κ3) is 3.75. The molecule has 0 aliphatic rings. The predicted molar refractivity (Wildman–Crippen MR) is 83.3 cm³/mol. The van der Waals surface area contributed by atoms with Crippen molar-refractivity contribution < 1.29 is 0 Å². The van der Waals surface area contributed by atoms with Crippen molar-refractivity contribution in [2.45, 2.75) is 32.7 Å². The lowest BCUT2D eigenvalue weighted by Gasteiger charge is -2.19. The van der Waals surface area contributed by atoms with E-state index >= 15 is 0 Å². The van der Waals surface area contributed by atoms with Crippen LogP contribution in [0, 0.1) is 0 Å². The van der Waals surface area contributed by atoms with Gasteiger partial charge in [-0.15, -0.1) is 0 Å².